The van der Waals surface area contributed by atoms with Crippen LogP contribution >= 0.6 is 0 Å². The van der Waals surface area contributed by atoms with Gasteiger partial charge in [0.25, 0.3) is 0 Å². The highest BCUT2D eigenvalue weighted by Crippen LogP contribution is 2.29. The number of ether oxygens (including phenoxy) is 1. The van der Waals surface area contributed by atoms with Crippen molar-refractivity contribution in [2.75, 3.05) is 11.9 Å². The molecule has 128 valence electrons. The number of hydrogen-bond donors (Lipinski definition) is 2. The van der Waals surface area contributed by atoms with E-state index in [1.54, 1.807) is 6.07 Å². The van der Waals surface area contributed by atoms with Crippen LogP contribution in [0.25, 0.3) is 0 Å². The summed E-state index contributed by atoms with van der Waals surface area (Å²) in [5, 5.41) is 6.29. The molecule has 2 unspecified atom stereocenters. The van der Waals surface area contributed by atoms with E-state index in [-0.39, 0.29) is 18.0 Å². The van der Waals surface area contributed by atoms with Gasteiger partial charge in [0.2, 0.25) is 0 Å². The van der Waals surface area contributed by atoms with Gasteiger partial charge >= 0.3 is 6.09 Å². The predicted molar refractivity (Wildman–Crippen MR) is 90.1 cm³/mol. The van der Waals surface area contributed by atoms with Crippen molar-refractivity contribution in [3.05, 3.63) is 29.6 Å². The normalized spacial score (nSPS) is 21.1. The lowest BCUT2D eigenvalue weighted by atomic mass is 10.0. The van der Waals surface area contributed by atoms with Crippen LogP contribution in [0.4, 0.5) is 14.9 Å². The highest BCUT2D eigenvalue weighted by molar-refractivity contribution is 5.67. The summed E-state index contributed by atoms with van der Waals surface area (Å²) in [5.41, 5.74) is 1.37. The molecule has 0 heterocycles. The molecule has 5 heteroatoms. The van der Waals surface area contributed by atoms with Crippen molar-refractivity contribution in [2.45, 2.75) is 58.6 Å². The van der Waals surface area contributed by atoms with Crippen LogP contribution in [0.15, 0.2) is 18.2 Å². The number of rotatable bonds is 4. The first kappa shape index (κ1) is 17.6. The molecule has 2 atom stereocenters. The van der Waals surface area contributed by atoms with Gasteiger partial charge in [-0.2, -0.15) is 0 Å². The van der Waals surface area contributed by atoms with Gasteiger partial charge < -0.3 is 15.4 Å². The number of benzene rings is 1. The zero-order valence-electron chi connectivity index (χ0n) is 14.4. The number of amides is 1. The molecule has 1 saturated carbocycles. The summed E-state index contributed by atoms with van der Waals surface area (Å²) >= 11 is 0. The smallest absolute Gasteiger partial charge is 0.407 e. The van der Waals surface area contributed by atoms with Crippen molar-refractivity contribution >= 4 is 11.8 Å². The Bertz CT molecular complexity index is 554. The maximum Gasteiger partial charge on any atom is 0.407 e. The molecule has 0 aliphatic heterocycles. The van der Waals surface area contributed by atoms with Gasteiger partial charge in [0.15, 0.2) is 0 Å². The number of aryl methyl sites for hydroxylation is 1. The Balaban J connectivity index is 1.90. The highest BCUT2D eigenvalue weighted by Gasteiger charge is 2.28. The molecule has 0 spiro atoms. The fraction of sp³-hybridized carbons (Fsp3) is 0.611. The molecule has 1 aromatic rings. The van der Waals surface area contributed by atoms with Gasteiger partial charge in [0, 0.05) is 18.3 Å². The van der Waals surface area contributed by atoms with Crippen LogP contribution in [-0.4, -0.2) is 24.3 Å². The van der Waals surface area contributed by atoms with Gasteiger partial charge in [0.05, 0.1) is 0 Å². The molecule has 4 nitrogen and oxygen atoms in total. The van der Waals surface area contributed by atoms with E-state index in [9.17, 15) is 9.18 Å². The minimum atomic E-state index is -0.490. The molecule has 1 amide bonds. The number of anilines is 1. The second-order valence-electron chi connectivity index (χ2n) is 7.28. The van der Waals surface area contributed by atoms with Crippen LogP contribution < -0.4 is 10.6 Å². The minimum Gasteiger partial charge on any atom is -0.444 e. The van der Waals surface area contributed by atoms with Crippen LogP contribution in [-0.2, 0) is 4.74 Å². The summed E-state index contributed by atoms with van der Waals surface area (Å²) in [5.74, 6) is 0.0877. The minimum absolute atomic E-state index is 0.237. The fourth-order valence-corrected chi connectivity index (χ4v) is 2.95. The quantitative estimate of drug-likeness (QED) is 0.872. The number of carbonyl (C=O) groups excluding carboxylic acids is 1. The topological polar surface area (TPSA) is 50.4 Å². The molecule has 23 heavy (non-hydrogen) atoms. The van der Waals surface area contributed by atoms with Gasteiger partial charge in [-0.1, -0.05) is 12.5 Å². The Labute approximate surface area is 137 Å². The van der Waals surface area contributed by atoms with E-state index >= 15 is 0 Å². The maximum absolute atomic E-state index is 13.4. The van der Waals surface area contributed by atoms with Gasteiger partial charge in [0.1, 0.15) is 11.4 Å². The number of alkyl carbamates (subject to hydrolysis) is 1. The van der Waals surface area contributed by atoms with E-state index in [1.807, 2.05) is 27.7 Å². The molecule has 1 aliphatic carbocycles. The van der Waals surface area contributed by atoms with E-state index in [0.717, 1.165) is 30.5 Å². The second-order valence-corrected chi connectivity index (χ2v) is 7.28. The second kappa shape index (κ2) is 7.20. The number of halogens is 1. The van der Waals surface area contributed by atoms with E-state index in [0.29, 0.717) is 12.5 Å². The average Bonchev–Trinajstić information content (AvgIpc) is 2.86. The summed E-state index contributed by atoms with van der Waals surface area (Å²) < 4.78 is 18.7. The highest BCUT2D eigenvalue weighted by atomic mass is 19.1. The average molecular weight is 322 g/mol. The molecule has 1 fully saturated rings. The summed E-state index contributed by atoms with van der Waals surface area (Å²) in [6.45, 7) is 8.07. The Hall–Kier alpha value is -1.78. The van der Waals surface area contributed by atoms with Crippen molar-refractivity contribution in [1.82, 2.24) is 5.32 Å². The third-order valence-corrected chi connectivity index (χ3v) is 4.11. The molecule has 0 saturated heterocycles. The summed E-state index contributed by atoms with van der Waals surface area (Å²) in [4.78, 5) is 11.8. The molecule has 1 aromatic carbocycles. The van der Waals surface area contributed by atoms with Crippen LogP contribution in [0.1, 0.15) is 45.6 Å². The number of carbonyl (C=O) groups is 1. The Morgan fingerprint density at radius 3 is 2.78 bits per heavy atom. The van der Waals surface area contributed by atoms with E-state index in [1.165, 1.54) is 12.1 Å². The molecular weight excluding hydrogens is 295 g/mol. The molecule has 0 radical (unpaired) electrons. The lowest BCUT2D eigenvalue weighted by Crippen LogP contribution is -2.38. The molecule has 2 rings (SSSR count). The van der Waals surface area contributed by atoms with Gasteiger partial charge in [-0.05, 0) is 64.2 Å². The molecule has 0 aromatic heterocycles. The van der Waals surface area contributed by atoms with E-state index in [2.05, 4.69) is 10.6 Å². The monoisotopic (exact) mass is 322 g/mol. The maximum atomic E-state index is 13.4. The van der Waals surface area contributed by atoms with Crippen LogP contribution in [0.2, 0.25) is 0 Å². The largest absolute Gasteiger partial charge is 0.444 e. The Morgan fingerprint density at radius 2 is 2.09 bits per heavy atom. The third kappa shape index (κ3) is 5.41. The zero-order chi connectivity index (χ0) is 17.0. The SMILES string of the molecule is Cc1ccc(F)cc1NC1CCCC1CNC(=O)OC(C)(C)C. The van der Waals surface area contributed by atoms with Crippen molar-refractivity contribution in [3.63, 3.8) is 0 Å². The van der Waals surface area contributed by atoms with E-state index in [4.69, 9.17) is 4.74 Å². The van der Waals surface area contributed by atoms with Gasteiger partial charge in [-0.25, -0.2) is 9.18 Å². The van der Waals surface area contributed by atoms with Crippen molar-refractivity contribution in [3.8, 4) is 0 Å². The van der Waals surface area contributed by atoms with Gasteiger partial charge in [-0.3, -0.25) is 0 Å². The molecular formula is C18H27FN2O2. The Morgan fingerprint density at radius 1 is 1.35 bits per heavy atom. The first-order valence-electron chi connectivity index (χ1n) is 8.24. The zero-order valence-corrected chi connectivity index (χ0v) is 14.4. The van der Waals surface area contributed by atoms with Crippen molar-refractivity contribution < 1.29 is 13.9 Å². The Kier molecular flexibility index (Phi) is 5.50. The van der Waals surface area contributed by atoms with Crippen LogP contribution in [0.3, 0.4) is 0 Å². The van der Waals surface area contributed by atoms with Crippen LogP contribution in [0.5, 0.6) is 0 Å². The van der Waals surface area contributed by atoms with E-state index < -0.39 is 5.60 Å². The lowest BCUT2D eigenvalue weighted by Gasteiger charge is -2.25. The first-order chi connectivity index (χ1) is 10.7. The van der Waals surface area contributed by atoms with Crippen molar-refractivity contribution in [2.24, 2.45) is 5.92 Å². The van der Waals surface area contributed by atoms with Crippen LogP contribution in [0, 0.1) is 18.7 Å². The number of nitrogens with one attached hydrogen (secondary N) is 2. The van der Waals surface area contributed by atoms with Gasteiger partial charge in [-0.15, -0.1) is 0 Å². The lowest BCUT2D eigenvalue weighted by molar-refractivity contribution is 0.0519. The first-order valence-corrected chi connectivity index (χ1v) is 8.24. The summed E-state index contributed by atoms with van der Waals surface area (Å²) in [6.07, 6.45) is 2.79. The standard InChI is InChI=1S/C18H27FN2O2/c1-12-8-9-14(19)10-16(12)21-15-7-5-6-13(15)11-20-17(22)23-18(2,3)4/h8-10,13,15,21H,5-7,11H2,1-4H3,(H,20,22). The summed E-state index contributed by atoms with van der Waals surface area (Å²) in [7, 11) is 0. The van der Waals surface area contributed by atoms with Crippen molar-refractivity contribution in [1.29, 1.82) is 0 Å². The third-order valence-electron chi connectivity index (χ3n) is 4.11. The fourth-order valence-electron chi connectivity index (χ4n) is 2.95. The molecule has 0 bridgehead atoms. The predicted octanol–water partition coefficient (Wildman–Crippen LogP) is 4.24. The molecule has 1 aliphatic rings. The number of hydrogen-bond acceptors (Lipinski definition) is 3. The summed E-state index contributed by atoms with van der Waals surface area (Å²) in [6, 6.07) is 5.02. The molecule has 2 N–H and O–H groups in total.